The van der Waals surface area contributed by atoms with Gasteiger partial charge in [-0.25, -0.2) is 0 Å². The molecule has 1 aromatic carbocycles. The normalized spacial score (nSPS) is 32.1. The van der Waals surface area contributed by atoms with Crippen LogP contribution in [0.4, 0.5) is 0 Å². The van der Waals surface area contributed by atoms with Gasteiger partial charge in [0.15, 0.2) is 0 Å². The van der Waals surface area contributed by atoms with Gasteiger partial charge < -0.3 is 10.6 Å². The molecule has 166 valence electrons. The SMILES string of the molecule is O=C(NC1CCCCC1)C1CCCN(C2NC(=O)C3SC=C(c4ccccc4)C3N2)C1. The molecule has 0 bridgehead atoms. The predicted octanol–water partition coefficient (Wildman–Crippen LogP) is 2.68. The summed E-state index contributed by atoms with van der Waals surface area (Å²) >= 11 is 1.59. The molecule has 6 nitrogen and oxygen atoms in total. The smallest absolute Gasteiger partial charge is 0.237 e. The van der Waals surface area contributed by atoms with Crippen LogP contribution in [0, 0.1) is 5.92 Å². The molecule has 5 rings (SSSR count). The number of fused-ring (bicyclic) bond motifs is 1. The van der Waals surface area contributed by atoms with Gasteiger partial charge in [0.05, 0.1) is 12.0 Å². The van der Waals surface area contributed by atoms with Crippen LogP contribution in [0.3, 0.4) is 0 Å². The van der Waals surface area contributed by atoms with E-state index in [4.69, 9.17) is 0 Å². The Bertz CT molecular complexity index is 839. The van der Waals surface area contributed by atoms with E-state index in [1.165, 1.54) is 24.8 Å². The fraction of sp³-hybridized carbons (Fsp3) is 0.583. The number of carbonyl (C=O) groups is 2. The highest BCUT2D eigenvalue weighted by Gasteiger charge is 2.44. The van der Waals surface area contributed by atoms with Gasteiger partial charge in [-0.15, -0.1) is 11.8 Å². The lowest BCUT2D eigenvalue weighted by Crippen LogP contribution is -2.69. The average molecular weight is 441 g/mol. The summed E-state index contributed by atoms with van der Waals surface area (Å²) in [5.41, 5.74) is 2.34. The van der Waals surface area contributed by atoms with E-state index in [1.54, 1.807) is 11.8 Å². The summed E-state index contributed by atoms with van der Waals surface area (Å²) in [5, 5.41) is 12.1. The molecular formula is C24H32N4O2S. The first-order valence-corrected chi connectivity index (χ1v) is 12.6. The third-order valence-electron chi connectivity index (χ3n) is 7.10. The van der Waals surface area contributed by atoms with Gasteiger partial charge >= 0.3 is 0 Å². The zero-order chi connectivity index (χ0) is 21.2. The van der Waals surface area contributed by atoms with Crippen molar-refractivity contribution in [3.05, 3.63) is 41.3 Å². The minimum absolute atomic E-state index is 0.00538. The highest BCUT2D eigenvalue weighted by molar-refractivity contribution is 8.04. The van der Waals surface area contributed by atoms with Crippen molar-refractivity contribution < 1.29 is 9.59 Å². The summed E-state index contributed by atoms with van der Waals surface area (Å²) in [6, 6.07) is 10.6. The molecule has 3 N–H and O–H groups in total. The number of carbonyl (C=O) groups excluding carboxylic acids is 2. The zero-order valence-corrected chi connectivity index (χ0v) is 18.7. The predicted molar refractivity (Wildman–Crippen MR) is 124 cm³/mol. The van der Waals surface area contributed by atoms with Gasteiger partial charge in [0.25, 0.3) is 0 Å². The molecule has 31 heavy (non-hydrogen) atoms. The van der Waals surface area contributed by atoms with E-state index in [2.05, 4.69) is 38.4 Å². The lowest BCUT2D eigenvalue weighted by Gasteiger charge is -2.43. The van der Waals surface area contributed by atoms with Crippen molar-refractivity contribution in [3.63, 3.8) is 0 Å². The van der Waals surface area contributed by atoms with Crippen molar-refractivity contribution in [2.75, 3.05) is 13.1 Å². The second-order valence-electron chi connectivity index (χ2n) is 9.23. The van der Waals surface area contributed by atoms with Crippen LogP contribution in [0.5, 0.6) is 0 Å². The summed E-state index contributed by atoms with van der Waals surface area (Å²) in [5.74, 6) is 0.266. The maximum Gasteiger partial charge on any atom is 0.237 e. The van der Waals surface area contributed by atoms with Crippen LogP contribution < -0.4 is 16.0 Å². The van der Waals surface area contributed by atoms with Crippen molar-refractivity contribution in [1.29, 1.82) is 0 Å². The van der Waals surface area contributed by atoms with E-state index in [0.717, 1.165) is 37.8 Å². The molecular weight excluding hydrogens is 408 g/mol. The molecule has 7 heteroatoms. The summed E-state index contributed by atoms with van der Waals surface area (Å²) in [7, 11) is 0. The van der Waals surface area contributed by atoms with Gasteiger partial charge in [0, 0.05) is 19.1 Å². The van der Waals surface area contributed by atoms with E-state index >= 15 is 0 Å². The lowest BCUT2D eigenvalue weighted by molar-refractivity contribution is -0.129. The average Bonchev–Trinajstić information content (AvgIpc) is 3.25. The van der Waals surface area contributed by atoms with Crippen LogP contribution in [0.15, 0.2) is 35.7 Å². The van der Waals surface area contributed by atoms with Gasteiger partial charge in [-0.05, 0) is 42.2 Å². The fourth-order valence-corrected chi connectivity index (χ4v) is 6.53. The number of amides is 2. The highest BCUT2D eigenvalue weighted by Crippen LogP contribution is 2.38. The minimum Gasteiger partial charge on any atom is -0.353 e. The monoisotopic (exact) mass is 440 g/mol. The molecule has 4 unspecified atom stereocenters. The van der Waals surface area contributed by atoms with Crippen LogP contribution >= 0.6 is 11.8 Å². The van der Waals surface area contributed by atoms with Gasteiger partial charge in [-0.3, -0.25) is 19.8 Å². The topological polar surface area (TPSA) is 73.5 Å². The molecule has 0 aromatic heterocycles. The molecule has 0 spiro atoms. The van der Waals surface area contributed by atoms with Gasteiger partial charge in [0.1, 0.15) is 11.5 Å². The highest BCUT2D eigenvalue weighted by atomic mass is 32.2. The second kappa shape index (κ2) is 9.35. The van der Waals surface area contributed by atoms with Crippen LogP contribution in [-0.2, 0) is 9.59 Å². The van der Waals surface area contributed by atoms with E-state index < -0.39 is 0 Å². The molecule has 2 amide bonds. The molecule has 2 saturated heterocycles. The standard InChI is InChI=1S/C24H32N4O2S/c29-22(25-18-11-5-2-6-12-18)17-10-7-13-28(14-17)24-26-20-19(16-8-3-1-4-9-16)15-31-21(20)23(30)27-24/h1,3-4,8-9,15,17-18,20-21,24,26H,2,5-7,10-14H2,(H,25,29)(H,27,30). The Morgan fingerprint density at radius 3 is 2.68 bits per heavy atom. The van der Waals surface area contributed by atoms with E-state index in [9.17, 15) is 9.59 Å². The van der Waals surface area contributed by atoms with E-state index in [1.807, 2.05) is 18.2 Å². The number of hydrogen-bond acceptors (Lipinski definition) is 5. The third kappa shape index (κ3) is 4.54. The third-order valence-corrected chi connectivity index (χ3v) is 8.27. The Balaban J connectivity index is 1.24. The van der Waals surface area contributed by atoms with Crippen LogP contribution in [-0.4, -0.2) is 53.4 Å². The number of nitrogens with zero attached hydrogens (tertiary/aromatic N) is 1. The minimum atomic E-state index is -0.232. The molecule has 3 aliphatic heterocycles. The number of hydrogen-bond donors (Lipinski definition) is 3. The van der Waals surface area contributed by atoms with Crippen LogP contribution in [0.1, 0.15) is 50.5 Å². The number of thioether (sulfide) groups is 1. The van der Waals surface area contributed by atoms with Crippen LogP contribution in [0.25, 0.3) is 5.57 Å². The number of benzene rings is 1. The Labute approximate surface area is 188 Å². The summed E-state index contributed by atoms with van der Waals surface area (Å²) in [6.45, 7) is 1.57. The number of nitrogens with one attached hydrogen (secondary N) is 3. The molecule has 4 atom stereocenters. The number of likely N-dealkylation sites (tertiary alicyclic amines) is 1. The van der Waals surface area contributed by atoms with E-state index in [-0.39, 0.29) is 35.3 Å². The van der Waals surface area contributed by atoms with Gasteiger partial charge in [0.2, 0.25) is 11.8 Å². The molecule has 4 aliphatic rings. The number of rotatable bonds is 4. The first-order chi connectivity index (χ1) is 15.2. The van der Waals surface area contributed by atoms with Crippen molar-refractivity contribution in [2.24, 2.45) is 5.92 Å². The largest absolute Gasteiger partial charge is 0.353 e. The fourth-order valence-electron chi connectivity index (χ4n) is 5.38. The van der Waals surface area contributed by atoms with Gasteiger partial charge in [-0.2, -0.15) is 0 Å². The molecule has 1 saturated carbocycles. The van der Waals surface area contributed by atoms with Crippen molar-refractivity contribution in [3.8, 4) is 0 Å². The molecule has 0 radical (unpaired) electrons. The Kier molecular flexibility index (Phi) is 6.34. The van der Waals surface area contributed by atoms with E-state index in [0.29, 0.717) is 12.6 Å². The van der Waals surface area contributed by atoms with Crippen molar-refractivity contribution in [1.82, 2.24) is 20.9 Å². The first kappa shape index (κ1) is 21.0. The molecule has 1 aromatic rings. The Morgan fingerprint density at radius 1 is 1.06 bits per heavy atom. The van der Waals surface area contributed by atoms with Crippen molar-refractivity contribution in [2.45, 2.75) is 68.6 Å². The Hall–Kier alpha value is -1.83. The summed E-state index contributed by atoms with van der Waals surface area (Å²) < 4.78 is 0. The number of piperidine rings is 1. The summed E-state index contributed by atoms with van der Waals surface area (Å²) in [4.78, 5) is 28.0. The zero-order valence-electron chi connectivity index (χ0n) is 17.9. The molecule has 3 fully saturated rings. The second-order valence-corrected chi connectivity index (χ2v) is 10.2. The molecule has 3 heterocycles. The van der Waals surface area contributed by atoms with Crippen LogP contribution in [0.2, 0.25) is 0 Å². The maximum absolute atomic E-state index is 12.9. The molecule has 1 aliphatic carbocycles. The lowest BCUT2D eigenvalue weighted by atomic mass is 9.92. The summed E-state index contributed by atoms with van der Waals surface area (Å²) in [6.07, 6.45) is 7.61. The Morgan fingerprint density at radius 2 is 1.87 bits per heavy atom. The maximum atomic E-state index is 12.9. The quantitative estimate of drug-likeness (QED) is 0.671. The van der Waals surface area contributed by atoms with Gasteiger partial charge in [-0.1, -0.05) is 49.6 Å². The van der Waals surface area contributed by atoms with Crippen molar-refractivity contribution >= 4 is 29.1 Å². The first-order valence-electron chi connectivity index (χ1n) is 11.7.